The van der Waals surface area contributed by atoms with Gasteiger partial charge in [0, 0.05) is 11.6 Å². The largest absolute Gasteiger partial charge is 0.288 e. The van der Waals surface area contributed by atoms with Gasteiger partial charge >= 0.3 is 0 Å². The first kappa shape index (κ1) is 15.7. The van der Waals surface area contributed by atoms with E-state index in [2.05, 4.69) is 0 Å². The van der Waals surface area contributed by atoms with Crippen LogP contribution in [0.5, 0.6) is 0 Å². The highest BCUT2D eigenvalue weighted by Crippen LogP contribution is 2.37. The Morgan fingerprint density at radius 3 is 2.48 bits per heavy atom. The van der Waals surface area contributed by atoms with Crippen molar-refractivity contribution in [2.24, 2.45) is 0 Å². The number of thiocarbonyl (C=S) groups is 1. The van der Waals surface area contributed by atoms with Crippen LogP contribution in [0.2, 0.25) is 0 Å². The first-order valence-electron chi connectivity index (χ1n) is 6.23. The SMILES string of the molecule is CC(C)(C)N1C(=O)/C(=C/c2ccccc2[N+](=O)[O-])SC1=S. The maximum atomic E-state index is 12.4. The number of carbonyl (C=O) groups is 1. The minimum absolute atomic E-state index is 0.0291. The van der Waals surface area contributed by atoms with Crippen LogP contribution in [0.4, 0.5) is 5.69 Å². The number of hydrogen-bond acceptors (Lipinski definition) is 5. The van der Waals surface area contributed by atoms with E-state index in [-0.39, 0.29) is 11.6 Å². The van der Waals surface area contributed by atoms with E-state index in [4.69, 9.17) is 12.2 Å². The molecule has 5 nitrogen and oxygen atoms in total. The zero-order valence-corrected chi connectivity index (χ0v) is 13.5. The van der Waals surface area contributed by atoms with Gasteiger partial charge in [0.1, 0.15) is 4.32 Å². The average Bonchev–Trinajstić information content (AvgIpc) is 2.64. The summed E-state index contributed by atoms with van der Waals surface area (Å²) in [6.07, 6.45) is 1.53. The van der Waals surface area contributed by atoms with Gasteiger partial charge in [0.05, 0.1) is 15.4 Å². The third kappa shape index (κ3) is 3.14. The van der Waals surface area contributed by atoms with Gasteiger partial charge in [-0.05, 0) is 32.9 Å². The van der Waals surface area contributed by atoms with Crippen molar-refractivity contribution in [2.45, 2.75) is 26.3 Å². The molecule has 0 aromatic heterocycles. The minimum atomic E-state index is -0.462. The van der Waals surface area contributed by atoms with E-state index in [1.165, 1.54) is 28.8 Å². The predicted molar refractivity (Wildman–Crippen MR) is 87.9 cm³/mol. The number of benzene rings is 1. The Balaban J connectivity index is 2.43. The van der Waals surface area contributed by atoms with Gasteiger partial charge in [-0.1, -0.05) is 36.1 Å². The van der Waals surface area contributed by atoms with Crippen LogP contribution in [0.3, 0.4) is 0 Å². The van der Waals surface area contributed by atoms with Crippen molar-refractivity contribution >= 4 is 46.0 Å². The molecule has 0 saturated carbocycles. The molecule has 0 radical (unpaired) electrons. The molecule has 0 atom stereocenters. The molecule has 1 aliphatic rings. The number of nitro groups is 1. The lowest BCUT2D eigenvalue weighted by Crippen LogP contribution is -2.44. The molecule has 1 amide bonds. The van der Waals surface area contributed by atoms with Crippen molar-refractivity contribution in [1.82, 2.24) is 4.90 Å². The van der Waals surface area contributed by atoms with E-state index < -0.39 is 10.5 Å². The summed E-state index contributed by atoms with van der Waals surface area (Å²) in [6.45, 7) is 5.68. The van der Waals surface area contributed by atoms with Crippen molar-refractivity contribution in [3.63, 3.8) is 0 Å². The summed E-state index contributed by atoms with van der Waals surface area (Å²) < 4.78 is 0.470. The number of nitrogens with zero attached hydrogens (tertiary/aromatic N) is 2. The lowest BCUT2D eigenvalue weighted by Gasteiger charge is -2.30. The summed E-state index contributed by atoms with van der Waals surface area (Å²) in [6, 6.07) is 6.32. The Morgan fingerprint density at radius 2 is 1.95 bits per heavy atom. The van der Waals surface area contributed by atoms with Crippen molar-refractivity contribution < 1.29 is 9.72 Å². The molecular weight excluding hydrogens is 308 g/mol. The zero-order valence-electron chi connectivity index (χ0n) is 11.8. The number of hydrogen-bond donors (Lipinski definition) is 0. The monoisotopic (exact) mass is 322 g/mol. The third-order valence-corrected chi connectivity index (χ3v) is 4.19. The Labute approximate surface area is 132 Å². The van der Waals surface area contributed by atoms with E-state index in [9.17, 15) is 14.9 Å². The summed E-state index contributed by atoms with van der Waals surface area (Å²) in [5.41, 5.74) is -0.0465. The zero-order chi connectivity index (χ0) is 15.8. The van der Waals surface area contributed by atoms with Crippen LogP contribution in [0.25, 0.3) is 6.08 Å². The maximum Gasteiger partial charge on any atom is 0.276 e. The molecule has 1 aromatic rings. The lowest BCUT2D eigenvalue weighted by atomic mass is 10.1. The standard InChI is InChI=1S/C14H14N2O3S2/c1-14(2,3)15-12(17)11(21-13(15)20)8-9-6-4-5-7-10(9)16(18)19/h4-8H,1-3H3/b11-8-. The minimum Gasteiger partial charge on any atom is -0.288 e. The number of para-hydroxylation sites is 1. The molecule has 1 heterocycles. The number of rotatable bonds is 2. The molecule has 2 rings (SSSR count). The lowest BCUT2D eigenvalue weighted by molar-refractivity contribution is -0.385. The van der Waals surface area contributed by atoms with Crippen LogP contribution in [-0.2, 0) is 4.79 Å². The molecule has 1 saturated heterocycles. The Morgan fingerprint density at radius 1 is 1.33 bits per heavy atom. The summed E-state index contributed by atoms with van der Waals surface area (Å²) in [4.78, 5) is 24.9. The van der Waals surface area contributed by atoms with Crippen LogP contribution in [0.1, 0.15) is 26.3 Å². The fourth-order valence-electron chi connectivity index (χ4n) is 1.96. The molecule has 0 spiro atoms. The maximum absolute atomic E-state index is 12.4. The molecule has 0 N–H and O–H groups in total. The number of carbonyl (C=O) groups excluding carboxylic acids is 1. The highest BCUT2D eigenvalue weighted by molar-refractivity contribution is 8.26. The number of nitro benzene ring substituents is 1. The highest BCUT2D eigenvalue weighted by Gasteiger charge is 2.39. The van der Waals surface area contributed by atoms with E-state index in [1.807, 2.05) is 20.8 Å². The summed E-state index contributed by atoms with van der Waals surface area (Å²) in [5.74, 6) is -0.212. The summed E-state index contributed by atoms with van der Waals surface area (Å²) in [7, 11) is 0. The van der Waals surface area contributed by atoms with Crippen LogP contribution >= 0.6 is 24.0 Å². The van der Waals surface area contributed by atoms with Gasteiger partial charge in [-0.2, -0.15) is 0 Å². The van der Waals surface area contributed by atoms with Gasteiger partial charge in [0.15, 0.2) is 0 Å². The highest BCUT2D eigenvalue weighted by atomic mass is 32.2. The van der Waals surface area contributed by atoms with Crippen LogP contribution in [0.15, 0.2) is 29.2 Å². The fourth-order valence-corrected chi connectivity index (χ4v) is 3.59. The first-order chi connectivity index (χ1) is 9.71. The third-order valence-electron chi connectivity index (χ3n) is 2.88. The second-order valence-corrected chi connectivity index (χ2v) is 7.18. The smallest absolute Gasteiger partial charge is 0.276 e. The topological polar surface area (TPSA) is 63.5 Å². The molecule has 21 heavy (non-hydrogen) atoms. The van der Waals surface area contributed by atoms with Crippen LogP contribution in [-0.4, -0.2) is 25.6 Å². The molecule has 1 aliphatic heterocycles. The molecule has 1 fully saturated rings. The molecular formula is C14H14N2O3S2. The van der Waals surface area contributed by atoms with Crippen molar-refractivity contribution in [1.29, 1.82) is 0 Å². The quantitative estimate of drug-likeness (QED) is 0.360. The first-order valence-corrected chi connectivity index (χ1v) is 7.46. The van der Waals surface area contributed by atoms with Crippen LogP contribution in [0, 0.1) is 10.1 Å². The van der Waals surface area contributed by atoms with Crippen molar-refractivity contribution in [3.8, 4) is 0 Å². The second-order valence-electron chi connectivity index (χ2n) is 5.50. The molecule has 0 aliphatic carbocycles. The Hall–Kier alpha value is -1.73. The van der Waals surface area contributed by atoms with Gasteiger partial charge < -0.3 is 0 Å². The predicted octanol–water partition coefficient (Wildman–Crippen LogP) is 3.59. The molecule has 7 heteroatoms. The second kappa shape index (κ2) is 5.57. The molecule has 0 unspecified atom stereocenters. The van der Waals surface area contributed by atoms with Gasteiger partial charge in [-0.25, -0.2) is 0 Å². The number of amides is 1. The number of thioether (sulfide) groups is 1. The van der Waals surface area contributed by atoms with Crippen LogP contribution < -0.4 is 0 Å². The molecule has 1 aromatic carbocycles. The Kier molecular flexibility index (Phi) is 4.15. The summed E-state index contributed by atoms with van der Waals surface area (Å²) in [5, 5.41) is 11.0. The fraction of sp³-hybridized carbons (Fsp3) is 0.286. The van der Waals surface area contributed by atoms with Crippen molar-refractivity contribution in [2.75, 3.05) is 0 Å². The summed E-state index contributed by atoms with van der Waals surface area (Å²) >= 11 is 6.41. The molecule has 110 valence electrons. The van der Waals surface area contributed by atoms with Crippen molar-refractivity contribution in [3.05, 3.63) is 44.8 Å². The van der Waals surface area contributed by atoms with E-state index in [0.29, 0.717) is 14.8 Å². The van der Waals surface area contributed by atoms with E-state index in [0.717, 1.165) is 0 Å². The van der Waals surface area contributed by atoms with E-state index in [1.54, 1.807) is 18.2 Å². The van der Waals surface area contributed by atoms with Gasteiger partial charge in [-0.3, -0.25) is 19.8 Å². The molecule has 0 bridgehead atoms. The van der Waals surface area contributed by atoms with Gasteiger partial charge in [0.2, 0.25) is 0 Å². The van der Waals surface area contributed by atoms with Gasteiger partial charge in [-0.15, -0.1) is 0 Å². The van der Waals surface area contributed by atoms with Gasteiger partial charge in [0.25, 0.3) is 11.6 Å². The normalized spacial score (nSPS) is 17.7. The van der Waals surface area contributed by atoms with E-state index >= 15 is 0 Å². The Bertz CT molecular complexity index is 662. The average molecular weight is 322 g/mol.